The highest BCUT2D eigenvalue weighted by Gasteiger charge is 2.20. The Kier molecular flexibility index (Phi) is 6.51. The second kappa shape index (κ2) is 7.89. The van der Waals surface area contributed by atoms with Crippen LogP contribution in [0.25, 0.3) is 0 Å². The summed E-state index contributed by atoms with van der Waals surface area (Å²) >= 11 is 11.6. The van der Waals surface area contributed by atoms with E-state index in [0.717, 1.165) is 0 Å². The topological polar surface area (TPSA) is 78.4 Å². The number of carboxylic acid groups (broad SMARTS) is 1. The summed E-state index contributed by atoms with van der Waals surface area (Å²) in [5, 5.41) is 14.9. The predicted molar refractivity (Wildman–Crippen MR) is 79.3 cm³/mol. The van der Waals surface area contributed by atoms with Gasteiger partial charge < -0.3 is 15.7 Å². The Morgan fingerprint density at radius 3 is 2.60 bits per heavy atom. The summed E-state index contributed by atoms with van der Waals surface area (Å²) in [4.78, 5) is 22.7. The molecule has 0 aliphatic heterocycles. The van der Waals surface area contributed by atoms with E-state index in [1.54, 1.807) is 12.1 Å². The van der Waals surface area contributed by atoms with Crippen LogP contribution in [0.15, 0.2) is 30.9 Å². The van der Waals surface area contributed by atoms with E-state index in [1.807, 2.05) is 0 Å². The van der Waals surface area contributed by atoms with Crippen LogP contribution in [0.5, 0.6) is 0 Å². The highest BCUT2D eigenvalue weighted by molar-refractivity contribution is 6.42. The van der Waals surface area contributed by atoms with Gasteiger partial charge in [-0.05, 0) is 18.2 Å². The third kappa shape index (κ3) is 5.21. The van der Waals surface area contributed by atoms with Crippen molar-refractivity contribution in [1.82, 2.24) is 5.32 Å². The van der Waals surface area contributed by atoms with Crippen molar-refractivity contribution in [2.75, 3.05) is 11.9 Å². The number of carboxylic acids is 1. The lowest BCUT2D eigenvalue weighted by Gasteiger charge is -2.13. The second-order valence-electron chi connectivity index (χ2n) is 3.97. The van der Waals surface area contributed by atoms with E-state index in [0.29, 0.717) is 22.3 Å². The average molecular weight is 317 g/mol. The zero-order valence-electron chi connectivity index (χ0n) is 10.5. The quantitative estimate of drug-likeness (QED) is 0.675. The molecule has 0 fully saturated rings. The van der Waals surface area contributed by atoms with Crippen LogP contribution >= 0.6 is 23.2 Å². The Hall–Kier alpha value is -1.56. The molecule has 1 atom stereocenters. The van der Waals surface area contributed by atoms with Gasteiger partial charge in [0.2, 0.25) is 5.91 Å². The summed E-state index contributed by atoms with van der Waals surface area (Å²) < 4.78 is 0. The Morgan fingerprint density at radius 1 is 1.35 bits per heavy atom. The van der Waals surface area contributed by atoms with Gasteiger partial charge in [-0.3, -0.25) is 9.59 Å². The molecule has 1 amide bonds. The summed E-state index contributed by atoms with van der Waals surface area (Å²) in [5.41, 5.74) is 0.456. The van der Waals surface area contributed by atoms with Crippen LogP contribution in [-0.2, 0) is 9.59 Å². The molecular formula is C13H14Cl2N2O3. The minimum atomic E-state index is -1.10. The molecule has 3 N–H and O–H groups in total. The van der Waals surface area contributed by atoms with Crippen molar-refractivity contribution in [2.45, 2.75) is 12.5 Å². The van der Waals surface area contributed by atoms with Crippen LogP contribution in [0.2, 0.25) is 10.0 Å². The number of carbonyl (C=O) groups is 2. The highest BCUT2D eigenvalue weighted by Crippen LogP contribution is 2.25. The van der Waals surface area contributed by atoms with E-state index >= 15 is 0 Å². The zero-order chi connectivity index (χ0) is 15.1. The number of carbonyl (C=O) groups excluding carboxylic acids is 1. The lowest BCUT2D eigenvalue weighted by molar-refractivity contribution is -0.140. The van der Waals surface area contributed by atoms with Crippen LogP contribution in [0.1, 0.15) is 6.42 Å². The van der Waals surface area contributed by atoms with E-state index in [2.05, 4.69) is 17.2 Å². The van der Waals surface area contributed by atoms with Gasteiger partial charge in [-0.25, -0.2) is 0 Å². The Bertz CT molecular complexity index is 520. The Balaban J connectivity index is 2.62. The van der Waals surface area contributed by atoms with Crippen molar-refractivity contribution < 1.29 is 14.7 Å². The number of anilines is 1. The molecule has 1 aromatic rings. The van der Waals surface area contributed by atoms with Crippen molar-refractivity contribution in [1.29, 1.82) is 0 Å². The molecular weight excluding hydrogens is 303 g/mol. The van der Waals surface area contributed by atoms with Crippen molar-refractivity contribution in [3.8, 4) is 0 Å². The third-order valence-corrected chi connectivity index (χ3v) is 3.14. The largest absolute Gasteiger partial charge is 0.480 e. The van der Waals surface area contributed by atoms with Crippen LogP contribution in [-0.4, -0.2) is 29.6 Å². The molecule has 7 heteroatoms. The van der Waals surface area contributed by atoms with Crippen molar-refractivity contribution in [2.24, 2.45) is 0 Å². The number of benzene rings is 1. The standard InChI is InChI=1S/C13H14Cl2N2O3/c1-2-5-16-11(13(19)20)7-12(18)17-8-3-4-9(14)10(15)6-8/h2-4,6,11,16H,1,5,7H2,(H,17,18)(H,19,20)/t11-/m1/s1. The first-order valence-corrected chi connectivity index (χ1v) is 6.51. The van der Waals surface area contributed by atoms with Gasteiger partial charge >= 0.3 is 5.97 Å². The summed E-state index contributed by atoms with van der Waals surface area (Å²) in [7, 11) is 0. The molecule has 20 heavy (non-hydrogen) atoms. The van der Waals surface area contributed by atoms with Crippen LogP contribution in [0, 0.1) is 0 Å². The normalized spacial score (nSPS) is 11.7. The lowest BCUT2D eigenvalue weighted by Crippen LogP contribution is -2.39. The van der Waals surface area contributed by atoms with E-state index in [9.17, 15) is 9.59 Å². The molecule has 108 valence electrons. The second-order valence-corrected chi connectivity index (χ2v) is 4.78. The molecule has 0 radical (unpaired) electrons. The summed E-state index contributed by atoms with van der Waals surface area (Å²) in [6.07, 6.45) is 1.32. The third-order valence-electron chi connectivity index (χ3n) is 2.40. The average Bonchev–Trinajstić information content (AvgIpc) is 2.38. The fourth-order valence-corrected chi connectivity index (χ4v) is 1.74. The van der Waals surface area contributed by atoms with Crippen LogP contribution < -0.4 is 10.6 Å². The molecule has 0 saturated carbocycles. The van der Waals surface area contributed by atoms with Gasteiger partial charge in [-0.2, -0.15) is 0 Å². The molecule has 1 rings (SSSR count). The van der Waals surface area contributed by atoms with Crippen LogP contribution in [0.4, 0.5) is 5.69 Å². The number of hydrogen-bond acceptors (Lipinski definition) is 3. The van der Waals surface area contributed by atoms with E-state index in [1.165, 1.54) is 12.1 Å². The Morgan fingerprint density at radius 2 is 2.05 bits per heavy atom. The molecule has 0 aromatic heterocycles. The van der Waals surface area contributed by atoms with E-state index in [4.69, 9.17) is 28.3 Å². The number of nitrogens with one attached hydrogen (secondary N) is 2. The van der Waals surface area contributed by atoms with Gasteiger partial charge in [0.15, 0.2) is 0 Å². The molecule has 0 aliphatic carbocycles. The fraction of sp³-hybridized carbons (Fsp3) is 0.231. The minimum absolute atomic E-state index is 0.205. The molecule has 0 bridgehead atoms. The maximum absolute atomic E-state index is 11.8. The van der Waals surface area contributed by atoms with Crippen molar-refractivity contribution in [3.05, 3.63) is 40.9 Å². The van der Waals surface area contributed by atoms with Gasteiger partial charge in [0, 0.05) is 12.2 Å². The maximum Gasteiger partial charge on any atom is 0.321 e. The molecule has 0 spiro atoms. The Labute approximate surface area is 126 Å². The molecule has 0 aliphatic rings. The summed E-state index contributed by atoms with van der Waals surface area (Å²) in [5.74, 6) is -1.54. The van der Waals surface area contributed by atoms with E-state index in [-0.39, 0.29) is 6.42 Å². The fourth-order valence-electron chi connectivity index (χ4n) is 1.44. The van der Waals surface area contributed by atoms with Crippen molar-refractivity contribution in [3.63, 3.8) is 0 Å². The van der Waals surface area contributed by atoms with Gasteiger partial charge in [0.25, 0.3) is 0 Å². The monoisotopic (exact) mass is 316 g/mol. The first-order chi connectivity index (χ1) is 9.43. The lowest BCUT2D eigenvalue weighted by atomic mass is 10.2. The van der Waals surface area contributed by atoms with Crippen LogP contribution in [0.3, 0.4) is 0 Å². The zero-order valence-corrected chi connectivity index (χ0v) is 12.0. The molecule has 5 nitrogen and oxygen atoms in total. The highest BCUT2D eigenvalue weighted by atomic mass is 35.5. The minimum Gasteiger partial charge on any atom is -0.480 e. The maximum atomic E-state index is 11.8. The number of halogens is 2. The SMILES string of the molecule is C=CCN[C@H](CC(=O)Nc1ccc(Cl)c(Cl)c1)C(=O)O. The summed E-state index contributed by atoms with van der Waals surface area (Å²) in [6, 6.07) is 3.65. The predicted octanol–water partition coefficient (Wildman–Crippen LogP) is 2.55. The molecule has 0 heterocycles. The smallest absolute Gasteiger partial charge is 0.321 e. The van der Waals surface area contributed by atoms with Gasteiger partial charge in [-0.1, -0.05) is 29.3 Å². The van der Waals surface area contributed by atoms with Gasteiger partial charge in [0.05, 0.1) is 16.5 Å². The van der Waals surface area contributed by atoms with Gasteiger partial charge in [-0.15, -0.1) is 6.58 Å². The van der Waals surface area contributed by atoms with Crippen molar-refractivity contribution >= 4 is 40.8 Å². The summed E-state index contributed by atoms with van der Waals surface area (Å²) in [6.45, 7) is 3.78. The number of rotatable bonds is 7. The molecule has 0 saturated heterocycles. The van der Waals surface area contributed by atoms with E-state index < -0.39 is 17.9 Å². The number of hydrogen-bond donors (Lipinski definition) is 3. The molecule has 1 aromatic carbocycles. The molecule has 0 unspecified atom stereocenters. The first-order valence-electron chi connectivity index (χ1n) is 5.76. The number of aliphatic carboxylic acids is 1. The van der Waals surface area contributed by atoms with Gasteiger partial charge in [0.1, 0.15) is 6.04 Å². The number of amides is 1. The first kappa shape index (κ1) is 16.5.